The number of fused-ring (bicyclic) bond motifs is 4. The standard InChI is InChI=1S/C34H37F2N9O4S/c1-34(2,3)49-33(47)42-30-17(11-37)23-26(38-12-20(35)28(23)50-30)22-18-14-48-15-19(18)24-27(25(22)36)40-32(45-10-7-16(13-45)43(4)5)41-29(24)39-21-8-9-44(6)31(21)46/h12,16,21H,7-10,13-15H2,1-6H3,(H,42,47)(H,39,40,41)/t16-,21+/m0/s1. The number of nitrogens with zero attached hydrogens (tertiary/aromatic N) is 7. The molecule has 3 aliphatic heterocycles. The van der Waals surface area contributed by atoms with Gasteiger partial charge in [0, 0.05) is 43.7 Å². The predicted octanol–water partition coefficient (Wildman–Crippen LogP) is 5.22. The van der Waals surface area contributed by atoms with E-state index in [-0.39, 0.29) is 62.6 Å². The number of likely N-dealkylation sites (N-methyl/N-ethyl adjacent to an activating group) is 2. The summed E-state index contributed by atoms with van der Waals surface area (Å²) in [6.07, 6.45) is 1.57. The van der Waals surface area contributed by atoms with E-state index in [9.17, 15) is 14.9 Å². The highest BCUT2D eigenvalue weighted by atomic mass is 32.1. The summed E-state index contributed by atoms with van der Waals surface area (Å²) in [6, 6.07) is 1.75. The van der Waals surface area contributed by atoms with Gasteiger partial charge in [-0.3, -0.25) is 15.1 Å². The lowest BCUT2D eigenvalue weighted by molar-refractivity contribution is -0.127. The number of anilines is 3. The number of pyridine rings is 1. The summed E-state index contributed by atoms with van der Waals surface area (Å²) in [5, 5.41) is 16.7. The van der Waals surface area contributed by atoms with Crippen molar-refractivity contribution in [3.05, 3.63) is 34.5 Å². The van der Waals surface area contributed by atoms with Crippen LogP contribution in [0.25, 0.3) is 32.2 Å². The van der Waals surface area contributed by atoms with Crippen LogP contribution < -0.4 is 15.5 Å². The van der Waals surface area contributed by atoms with Crippen molar-refractivity contribution < 1.29 is 27.8 Å². The van der Waals surface area contributed by atoms with E-state index < -0.39 is 29.4 Å². The molecule has 262 valence electrons. The summed E-state index contributed by atoms with van der Waals surface area (Å²) in [6.45, 7) is 7.04. The Morgan fingerprint density at radius 3 is 2.58 bits per heavy atom. The van der Waals surface area contributed by atoms with Crippen LogP contribution in [0.4, 0.5) is 30.3 Å². The zero-order valence-corrected chi connectivity index (χ0v) is 29.4. The van der Waals surface area contributed by atoms with Gasteiger partial charge >= 0.3 is 6.09 Å². The summed E-state index contributed by atoms with van der Waals surface area (Å²) < 4.78 is 44.1. The first-order chi connectivity index (χ1) is 23.8. The van der Waals surface area contributed by atoms with E-state index in [4.69, 9.17) is 19.4 Å². The Kier molecular flexibility index (Phi) is 8.48. The number of carbonyl (C=O) groups excluding carboxylic acids is 2. The van der Waals surface area contributed by atoms with Gasteiger partial charge in [-0.1, -0.05) is 0 Å². The lowest BCUT2D eigenvalue weighted by Crippen LogP contribution is -2.33. The molecule has 0 spiro atoms. The Morgan fingerprint density at radius 2 is 1.92 bits per heavy atom. The SMILES string of the molecule is CN1CC[C@@H](Nc2nc(N3CC[C@H](N(C)C)C3)nc3c(F)c(-c4ncc(F)c5sc(NC(=O)OC(C)(C)C)c(C#N)c45)c4c(c23)COC4)C1=O. The minimum Gasteiger partial charge on any atom is -0.444 e. The number of nitriles is 1. The molecule has 0 radical (unpaired) electrons. The number of carbonyl (C=O) groups is 2. The van der Waals surface area contributed by atoms with E-state index in [0.29, 0.717) is 54.3 Å². The first-order valence-electron chi connectivity index (χ1n) is 16.3. The van der Waals surface area contributed by atoms with E-state index in [0.717, 1.165) is 24.0 Å². The van der Waals surface area contributed by atoms with Crippen molar-refractivity contribution >= 4 is 61.1 Å². The molecule has 2 amide bonds. The fourth-order valence-electron chi connectivity index (χ4n) is 6.83. The number of thiophene rings is 1. The highest BCUT2D eigenvalue weighted by Gasteiger charge is 2.36. The number of amides is 2. The zero-order valence-electron chi connectivity index (χ0n) is 28.6. The van der Waals surface area contributed by atoms with Crippen molar-refractivity contribution in [3.8, 4) is 17.3 Å². The molecule has 7 rings (SSSR count). The van der Waals surface area contributed by atoms with Gasteiger partial charge in [0.25, 0.3) is 0 Å². The second-order valence-electron chi connectivity index (χ2n) is 14.0. The monoisotopic (exact) mass is 705 g/mol. The summed E-state index contributed by atoms with van der Waals surface area (Å²) in [7, 11) is 5.75. The van der Waals surface area contributed by atoms with Crippen LogP contribution in [0.15, 0.2) is 6.20 Å². The van der Waals surface area contributed by atoms with Crippen molar-refractivity contribution in [3.63, 3.8) is 0 Å². The highest BCUT2D eigenvalue weighted by molar-refractivity contribution is 7.23. The number of aromatic nitrogens is 3. The molecule has 0 aliphatic carbocycles. The zero-order chi connectivity index (χ0) is 35.6. The van der Waals surface area contributed by atoms with Gasteiger partial charge in [0.05, 0.1) is 40.8 Å². The van der Waals surface area contributed by atoms with E-state index in [1.165, 1.54) is 0 Å². The second-order valence-corrected chi connectivity index (χ2v) is 15.1. The van der Waals surface area contributed by atoms with Crippen LogP contribution in [-0.4, -0.2) is 95.2 Å². The molecule has 2 saturated heterocycles. The molecule has 3 aromatic heterocycles. The van der Waals surface area contributed by atoms with Gasteiger partial charge in [0.2, 0.25) is 11.9 Å². The molecule has 1 aromatic carbocycles. The summed E-state index contributed by atoms with van der Waals surface area (Å²) in [5.74, 6) is -0.934. The average molecular weight is 706 g/mol. The predicted molar refractivity (Wildman–Crippen MR) is 185 cm³/mol. The van der Waals surface area contributed by atoms with Gasteiger partial charge in [-0.25, -0.2) is 18.6 Å². The van der Waals surface area contributed by atoms with Crippen molar-refractivity contribution in [2.24, 2.45) is 0 Å². The van der Waals surface area contributed by atoms with Gasteiger partial charge in [-0.15, -0.1) is 11.3 Å². The maximum absolute atomic E-state index is 17.4. The Hall–Kier alpha value is -4.72. The lowest BCUT2D eigenvalue weighted by atomic mass is 9.93. The minimum absolute atomic E-state index is 0.00996. The highest BCUT2D eigenvalue weighted by Crippen LogP contribution is 2.47. The lowest BCUT2D eigenvalue weighted by Gasteiger charge is -2.23. The van der Waals surface area contributed by atoms with Crippen LogP contribution in [0.2, 0.25) is 0 Å². The first kappa shape index (κ1) is 33.8. The second kappa shape index (κ2) is 12.6. The smallest absolute Gasteiger partial charge is 0.412 e. The number of hydrogen-bond acceptors (Lipinski definition) is 12. The molecule has 0 bridgehead atoms. The minimum atomic E-state index is -0.823. The molecule has 0 saturated carbocycles. The molecule has 0 unspecified atom stereocenters. The molecule has 3 aliphatic rings. The number of hydrogen-bond donors (Lipinski definition) is 2. The van der Waals surface area contributed by atoms with Gasteiger partial charge in [-0.05, 0) is 58.8 Å². The van der Waals surface area contributed by atoms with Crippen LogP contribution in [-0.2, 0) is 27.5 Å². The normalized spacial score (nSPS) is 19.2. The number of rotatable bonds is 6. The fraction of sp³-hybridized carbons (Fsp3) is 0.471. The van der Waals surface area contributed by atoms with Crippen LogP contribution in [0, 0.1) is 23.0 Å². The van der Waals surface area contributed by atoms with E-state index in [1.54, 1.807) is 32.7 Å². The molecule has 50 heavy (non-hydrogen) atoms. The van der Waals surface area contributed by atoms with Crippen LogP contribution in [0.1, 0.15) is 50.3 Å². The molecule has 2 atom stereocenters. The van der Waals surface area contributed by atoms with Gasteiger partial charge in [-0.2, -0.15) is 10.2 Å². The third kappa shape index (κ3) is 5.82. The van der Waals surface area contributed by atoms with Crippen molar-refractivity contribution in [1.82, 2.24) is 24.8 Å². The van der Waals surface area contributed by atoms with Crippen molar-refractivity contribution in [2.45, 2.75) is 64.5 Å². The summed E-state index contributed by atoms with van der Waals surface area (Å²) in [5.41, 5.74) is 0.192. The maximum Gasteiger partial charge on any atom is 0.412 e. The third-order valence-electron chi connectivity index (χ3n) is 9.33. The summed E-state index contributed by atoms with van der Waals surface area (Å²) >= 11 is 0.838. The van der Waals surface area contributed by atoms with Crippen molar-refractivity contribution in [2.75, 3.05) is 56.3 Å². The van der Waals surface area contributed by atoms with E-state index >= 15 is 8.78 Å². The topological polar surface area (TPSA) is 149 Å². The Bertz CT molecular complexity index is 2110. The number of benzene rings is 1. The Balaban J connectivity index is 1.44. The molecule has 16 heteroatoms. The number of likely N-dealkylation sites (tertiary alicyclic amines) is 1. The van der Waals surface area contributed by atoms with Crippen LogP contribution in [0.5, 0.6) is 0 Å². The average Bonchev–Trinajstić information content (AvgIpc) is 3.85. The van der Waals surface area contributed by atoms with Crippen molar-refractivity contribution in [1.29, 1.82) is 5.26 Å². The molecule has 2 fully saturated rings. The van der Waals surface area contributed by atoms with Gasteiger partial charge in [0.1, 0.15) is 34.0 Å². The molecule has 6 heterocycles. The first-order valence-corrected chi connectivity index (χ1v) is 17.1. The Labute approximate surface area is 291 Å². The van der Waals surface area contributed by atoms with Crippen LogP contribution in [0.3, 0.4) is 0 Å². The Morgan fingerprint density at radius 1 is 1.16 bits per heavy atom. The fourth-order valence-corrected chi connectivity index (χ4v) is 7.87. The quantitative estimate of drug-likeness (QED) is 0.272. The molecule has 13 nitrogen and oxygen atoms in total. The third-order valence-corrected chi connectivity index (χ3v) is 10.4. The van der Waals surface area contributed by atoms with Gasteiger partial charge in [0.15, 0.2) is 11.6 Å². The largest absolute Gasteiger partial charge is 0.444 e. The number of ether oxygens (including phenoxy) is 2. The molecular formula is C34H37F2N9O4S. The molecular weight excluding hydrogens is 668 g/mol. The maximum atomic E-state index is 17.4. The molecule has 2 N–H and O–H groups in total. The summed E-state index contributed by atoms with van der Waals surface area (Å²) in [4.78, 5) is 45.5. The van der Waals surface area contributed by atoms with Crippen LogP contribution >= 0.6 is 11.3 Å². The van der Waals surface area contributed by atoms with E-state index in [1.807, 2.05) is 19.0 Å². The van der Waals surface area contributed by atoms with Gasteiger partial charge < -0.3 is 29.5 Å². The molecule has 4 aromatic rings. The van der Waals surface area contributed by atoms with E-state index in [2.05, 4.69) is 26.6 Å². The number of nitrogens with one attached hydrogen (secondary N) is 2. The number of halogens is 2.